The van der Waals surface area contributed by atoms with Gasteiger partial charge in [0.25, 0.3) is 0 Å². The van der Waals surface area contributed by atoms with Gasteiger partial charge in [-0.15, -0.1) is 0 Å². The van der Waals surface area contributed by atoms with Crippen molar-refractivity contribution in [3.05, 3.63) is 42.2 Å². The fraction of sp³-hybridized carbons (Fsp3) is 0.438. The van der Waals surface area contributed by atoms with Crippen LogP contribution in [0.2, 0.25) is 0 Å². The molecule has 1 saturated carbocycles. The molecule has 1 aromatic carbocycles. The van der Waals surface area contributed by atoms with Crippen LogP contribution in [0.15, 0.2) is 36.7 Å². The van der Waals surface area contributed by atoms with Crippen LogP contribution in [0.25, 0.3) is 11.4 Å². The van der Waals surface area contributed by atoms with Crippen molar-refractivity contribution in [2.24, 2.45) is 0 Å². The first-order valence-electron chi connectivity index (χ1n) is 7.02. The molecule has 0 spiro atoms. The Balaban J connectivity index is 1.91. The van der Waals surface area contributed by atoms with Gasteiger partial charge in [0.15, 0.2) is 0 Å². The monoisotopic (exact) mass is 256 g/mol. The minimum atomic E-state index is -0.160. The van der Waals surface area contributed by atoms with Crippen LogP contribution in [0.5, 0.6) is 0 Å². The summed E-state index contributed by atoms with van der Waals surface area (Å²) >= 11 is 0. The maximum atomic E-state index is 9.84. The Morgan fingerprint density at radius 3 is 2.74 bits per heavy atom. The smallest absolute Gasteiger partial charge is 0.140 e. The third-order valence-corrected chi connectivity index (χ3v) is 3.99. The van der Waals surface area contributed by atoms with Crippen LogP contribution in [0.1, 0.15) is 37.3 Å². The van der Waals surface area contributed by atoms with E-state index < -0.39 is 0 Å². The van der Waals surface area contributed by atoms with Crippen molar-refractivity contribution < 1.29 is 5.11 Å². The number of rotatable bonds is 2. The van der Waals surface area contributed by atoms with E-state index in [0.717, 1.165) is 37.1 Å². The topological polar surface area (TPSA) is 38.0 Å². The van der Waals surface area contributed by atoms with Gasteiger partial charge >= 0.3 is 0 Å². The lowest BCUT2D eigenvalue weighted by Gasteiger charge is -2.28. The number of aryl methyl sites for hydroxylation is 1. The Kier molecular flexibility index (Phi) is 3.38. The molecule has 1 aliphatic carbocycles. The lowest BCUT2D eigenvalue weighted by atomic mass is 9.92. The minimum absolute atomic E-state index is 0.160. The second kappa shape index (κ2) is 5.17. The summed E-state index contributed by atoms with van der Waals surface area (Å²) in [5, 5.41) is 9.84. The highest BCUT2D eigenvalue weighted by Gasteiger charge is 2.23. The lowest BCUT2D eigenvalue weighted by Crippen LogP contribution is -2.22. The molecule has 1 fully saturated rings. The molecule has 0 amide bonds. The Morgan fingerprint density at radius 2 is 2.00 bits per heavy atom. The lowest BCUT2D eigenvalue weighted by molar-refractivity contribution is 0.104. The van der Waals surface area contributed by atoms with Crippen molar-refractivity contribution in [3.63, 3.8) is 0 Å². The van der Waals surface area contributed by atoms with Gasteiger partial charge in [0.05, 0.1) is 6.10 Å². The molecule has 0 bridgehead atoms. The first-order valence-corrected chi connectivity index (χ1v) is 7.02. The molecular formula is C16H20N2O. The number of aliphatic hydroxyl groups excluding tert-OH is 1. The van der Waals surface area contributed by atoms with Crippen molar-refractivity contribution in [2.45, 2.75) is 44.8 Å². The fourth-order valence-electron chi connectivity index (χ4n) is 2.93. The molecule has 100 valence electrons. The van der Waals surface area contributed by atoms with Crippen LogP contribution in [-0.4, -0.2) is 20.8 Å². The average molecular weight is 256 g/mol. The summed E-state index contributed by atoms with van der Waals surface area (Å²) in [6.45, 7) is 2.09. The molecule has 19 heavy (non-hydrogen) atoms. The molecule has 3 rings (SSSR count). The number of nitrogens with zero attached hydrogens (tertiary/aromatic N) is 2. The second-order valence-electron chi connectivity index (χ2n) is 5.50. The first kappa shape index (κ1) is 12.4. The number of aromatic nitrogens is 2. The van der Waals surface area contributed by atoms with Crippen LogP contribution < -0.4 is 0 Å². The van der Waals surface area contributed by atoms with Crippen molar-refractivity contribution >= 4 is 0 Å². The molecule has 1 aromatic heterocycles. The largest absolute Gasteiger partial charge is 0.393 e. The summed E-state index contributed by atoms with van der Waals surface area (Å²) in [5.74, 6) is 1.01. The number of imidazole rings is 1. The van der Waals surface area contributed by atoms with Gasteiger partial charge in [-0.3, -0.25) is 0 Å². The quantitative estimate of drug-likeness (QED) is 0.895. The molecule has 2 aromatic rings. The van der Waals surface area contributed by atoms with Crippen molar-refractivity contribution in [3.8, 4) is 11.4 Å². The van der Waals surface area contributed by atoms with Gasteiger partial charge in [-0.25, -0.2) is 4.98 Å². The number of benzene rings is 1. The molecule has 3 heteroatoms. The highest BCUT2D eigenvalue weighted by molar-refractivity contribution is 5.56. The van der Waals surface area contributed by atoms with Gasteiger partial charge in [0.1, 0.15) is 5.82 Å². The van der Waals surface area contributed by atoms with E-state index in [4.69, 9.17) is 0 Å². The molecule has 1 aliphatic rings. The SMILES string of the molecule is Cc1ccc(-c2nccn2[C@@H]2CCC[C@H](O)C2)cc1. The van der Waals surface area contributed by atoms with Gasteiger partial charge < -0.3 is 9.67 Å². The standard InChI is InChI=1S/C16H20N2O/c1-12-5-7-13(8-6-12)16-17-9-10-18(16)14-3-2-4-15(19)11-14/h5-10,14-15,19H,2-4,11H2,1H3/t14-,15+/m1/s1. The minimum Gasteiger partial charge on any atom is -0.393 e. The van der Waals surface area contributed by atoms with Crippen LogP contribution in [0.4, 0.5) is 0 Å². The van der Waals surface area contributed by atoms with Crippen LogP contribution >= 0.6 is 0 Å². The summed E-state index contributed by atoms with van der Waals surface area (Å²) in [4.78, 5) is 4.50. The average Bonchev–Trinajstić information content (AvgIpc) is 2.89. The third kappa shape index (κ3) is 2.56. The summed E-state index contributed by atoms with van der Waals surface area (Å²) in [6.07, 6.45) is 7.74. The van der Waals surface area contributed by atoms with E-state index in [2.05, 4.69) is 40.7 Å². The Morgan fingerprint density at radius 1 is 1.21 bits per heavy atom. The van der Waals surface area contributed by atoms with E-state index in [1.807, 2.05) is 12.4 Å². The predicted molar refractivity (Wildman–Crippen MR) is 75.9 cm³/mol. The zero-order valence-electron chi connectivity index (χ0n) is 11.3. The van der Waals surface area contributed by atoms with E-state index in [1.165, 1.54) is 5.56 Å². The molecule has 0 radical (unpaired) electrons. The molecule has 3 nitrogen and oxygen atoms in total. The Bertz CT molecular complexity index is 544. The van der Waals surface area contributed by atoms with Gasteiger partial charge in [0.2, 0.25) is 0 Å². The maximum absolute atomic E-state index is 9.84. The highest BCUT2D eigenvalue weighted by atomic mass is 16.3. The van der Waals surface area contributed by atoms with E-state index in [-0.39, 0.29) is 6.10 Å². The van der Waals surface area contributed by atoms with Crippen LogP contribution in [0.3, 0.4) is 0 Å². The van der Waals surface area contributed by atoms with E-state index >= 15 is 0 Å². The molecule has 0 saturated heterocycles. The highest BCUT2D eigenvalue weighted by Crippen LogP contribution is 2.32. The second-order valence-corrected chi connectivity index (χ2v) is 5.50. The zero-order valence-corrected chi connectivity index (χ0v) is 11.3. The molecular weight excluding hydrogens is 236 g/mol. The van der Waals surface area contributed by atoms with Crippen molar-refractivity contribution in [1.29, 1.82) is 0 Å². The Labute approximate surface area is 113 Å². The van der Waals surface area contributed by atoms with Crippen LogP contribution in [-0.2, 0) is 0 Å². The number of aliphatic hydroxyl groups is 1. The summed E-state index contributed by atoms with van der Waals surface area (Å²) < 4.78 is 2.23. The van der Waals surface area contributed by atoms with Gasteiger partial charge in [0, 0.05) is 24.0 Å². The summed E-state index contributed by atoms with van der Waals surface area (Å²) in [5.41, 5.74) is 2.41. The normalized spacial score (nSPS) is 23.5. The Hall–Kier alpha value is -1.61. The molecule has 1 N–H and O–H groups in total. The molecule has 0 unspecified atom stereocenters. The third-order valence-electron chi connectivity index (χ3n) is 3.99. The van der Waals surface area contributed by atoms with Crippen molar-refractivity contribution in [1.82, 2.24) is 9.55 Å². The van der Waals surface area contributed by atoms with Crippen LogP contribution in [0, 0.1) is 6.92 Å². The van der Waals surface area contributed by atoms with Gasteiger partial charge in [-0.05, 0) is 32.6 Å². The predicted octanol–water partition coefficient (Wildman–Crippen LogP) is 3.33. The first-order chi connectivity index (χ1) is 9.24. The fourth-order valence-corrected chi connectivity index (χ4v) is 2.93. The summed E-state index contributed by atoms with van der Waals surface area (Å²) in [7, 11) is 0. The summed E-state index contributed by atoms with van der Waals surface area (Å²) in [6, 6.07) is 8.84. The number of hydrogen-bond donors (Lipinski definition) is 1. The zero-order chi connectivity index (χ0) is 13.2. The molecule has 0 aliphatic heterocycles. The van der Waals surface area contributed by atoms with Crippen molar-refractivity contribution in [2.75, 3.05) is 0 Å². The molecule has 2 atom stereocenters. The van der Waals surface area contributed by atoms with Gasteiger partial charge in [-0.2, -0.15) is 0 Å². The van der Waals surface area contributed by atoms with E-state index in [9.17, 15) is 5.11 Å². The van der Waals surface area contributed by atoms with E-state index in [0.29, 0.717) is 6.04 Å². The van der Waals surface area contributed by atoms with Gasteiger partial charge in [-0.1, -0.05) is 29.8 Å². The molecule has 1 heterocycles. The van der Waals surface area contributed by atoms with E-state index in [1.54, 1.807) is 0 Å². The number of hydrogen-bond acceptors (Lipinski definition) is 2. The maximum Gasteiger partial charge on any atom is 0.140 e.